The van der Waals surface area contributed by atoms with E-state index in [9.17, 15) is 0 Å². The fourth-order valence-corrected chi connectivity index (χ4v) is 3.03. The summed E-state index contributed by atoms with van der Waals surface area (Å²) < 4.78 is 1.08. The summed E-state index contributed by atoms with van der Waals surface area (Å²) in [5.74, 6) is 0. The second-order valence-electron chi connectivity index (χ2n) is 5.40. The van der Waals surface area contributed by atoms with Crippen molar-refractivity contribution in [1.29, 1.82) is 0 Å². The van der Waals surface area contributed by atoms with Crippen molar-refractivity contribution in [2.75, 3.05) is 6.54 Å². The van der Waals surface area contributed by atoms with Crippen molar-refractivity contribution in [2.24, 2.45) is 0 Å². The fourth-order valence-electron chi connectivity index (χ4n) is 2.38. The van der Waals surface area contributed by atoms with Gasteiger partial charge in [-0.2, -0.15) is 0 Å². The van der Waals surface area contributed by atoms with Crippen LogP contribution in [0.1, 0.15) is 41.6 Å². The molecule has 2 rings (SSSR count). The van der Waals surface area contributed by atoms with Gasteiger partial charge in [-0.05, 0) is 67.3 Å². The lowest BCUT2D eigenvalue weighted by molar-refractivity contribution is 0.596. The van der Waals surface area contributed by atoms with Gasteiger partial charge in [0.2, 0.25) is 0 Å². The van der Waals surface area contributed by atoms with E-state index in [0.29, 0.717) is 0 Å². The van der Waals surface area contributed by atoms with Crippen LogP contribution in [0.2, 0.25) is 5.02 Å². The minimum atomic E-state index is 0.150. The minimum Gasteiger partial charge on any atom is -0.306 e. The van der Waals surface area contributed by atoms with E-state index in [0.717, 1.165) is 22.5 Å². The number of halogens is 2. The van der Waals surface area contributed by atoms with E-state index < -0.39 is 0 Å². The van der Waals surface area contributed by atoms with Crippen LogP contribution in [0.5, 0.6) is 0 Å². The third-order valence-corrected chi connectivity index (χ3v) is 4.69. The highest BCUT2D eigenvalue weighted by Gasteiger charge is 2.17. The molecule has 0 bridgehead atoms. The topological polar surface area (TPSA) is 12.0 Å². The molecule has 2 aromatic carbocycles. The second kappa shape index (κ2) is 7.44. The van der Waals surface area contributed by atoms with Crippen molar-refractivity contribution in [3.63, 3.8) is 0 Å². The first-order chi connectivity index (χ1) is 10.0. The molecule has 0 aliphatic carbocycles. The molecular weight excluding hydrogens is 346 g/mol. The average molecular weight is 367 g/mol. The predicted molar refractivity (Wildman–Crippen MR) is 95.2 cm³/mol. The predicted octanol–water partition coefficient (Wildman–Crippen LogP) is 5.81. The number of benzene rings is 2. The Morgan fingerprint density at radius 3 is 2.52 bits per heavy atom. The van der Waals surface area contributed by atoms with Gasteiger partial charge in [0.05, 0.1) is 6.04 Å². The Hall–Kier alpha value is -0.830. The van der Waals surface area contributed by atoms with Crippen LogP contribution in [-0.2, 0) is 0 Å². The third kappa shape index (κ3) is 4.09. The van der Waals surface area contributed by atoms with E-state index in [1.54, 1.807) is 0 Å². The van der Waals surface area contributed by atoms with Gasteiger partial charge in [-0.15, -0.1) is 0 Å². The first kappa shape index (κ1) is 16.5. The van der Waals surface area contributed by atoms with Crippen molar-refractivity contribution in [2.45, 2.75) is 33.2 Å². The minimum absolute atomic E-state index is 0.150. The normalized spacial score (nSPS) is 12.4. The van der Waals surface area contributed by atoms with Crippen LogP contribution in [0.25, 0.3) is 0 Å². The number of hydrogen-bond donors (Lipinski definition) is 1. The molecule has 0 saturated carbocycles. The summed E-state index contributed by atoms with van der Waals surface area (Å²) in [6, 6.07) is 12.8. The van der Waals surface area contributed by atoms with Gasteiger partial charge in [-0.25, -0.2) is 0 Å². The summed E-state index contributed by atoms with van der Waals surface area (Å²) >= 11 is 9.84. The molecule has 0 radical (unpaired) electrons. The smallest absolute Gasteiger partial charge is 0.0588 e. The monoisotopic (exact) mass is 365 g/mol. The van der Waals surface area contributed by atoms with Gasteiger partial charge in [-0.3, -0.25) is 0 Å². The molecule has 0 fully saturated rings. The molecule has 21 heavy (non-hydrogen) atoms. The van der Waals surface area contributed by atoms with E-state index >= 15 is 0 Å². The van der Waals surface area contributed by atoms with Gasteiger partial charge in [0, 0.05) is 9.50 Å². The summed E-state index contributed by atoms with van der Waals surface area (Å²) in [6.45, 7) is 7.44. The molecule has 0 heterocycles. The van der Waals surface area contributed by atoms with Gasteiger partial charge in [0.1, 0.15) is 0 Å². The maximum atomic E-state index is 6.19. The Kier molecular flexibility index (Phi) is 5.86. The number of aryl methyl sites for hydroxylation is 2. The summed E-state index contributed by atoms with van der Waals surface area (Å²) in [4.78, 5) is 0. The van der Waals surface area contributed by atoms with Gasteiger partial charge < -0.3 is 5.32 Å². The molecule has 2 aromatic rings. The van der Waals surface area contributed by atoms with E-state index in [1.807, 2.05) is 18.2 Å². The Morgan fingerprint density at radius 2 is 1.86 bits per heavy atom. The van der Waals surface area contributed by atoms with E-state index in [-0.39, 0.29) is 6.04 Å². The molecule has 1 N–H and O–H groups in total. The Balaban J connectivity index is 2.46. The van der Waals surface area contributed by atoms with Crippen molar-refractivity contribution >= 4 is 27.5 Å². The highest BCUT2D eigenvalue weighted by atomic mass is 79.9. The molecule has 1 nitrogen and oxygen atoms in total. The van der Waals surface area contributed by atoms with Crippen LogP contribution in [0, 0.1) is 13.8 Å². The lowest BCUT2D eigenvalue weighted by Gasteiger charge is -2.22. The van der Waals surface area contributed by atoms with Crippen LogP contribution >= 0.6 is 27.5 Å². The first-order valence-electron chi connectivity index (χ1n) is 7.28. The zero-order valence-corrected chi connectivity index (χ0v) is 15.1. The molecule has 0 spiro atoms. The van der Waals surface area contributed by atoms with Crippen molar-refractivity contribution in [1.82, 2.24) is 5.32 Å². The molecule has 0 aliphatic rings. The summed E-state index contributed by atoms with van der Waals surface area (Å²) in [6.07, 6.45) is 1.10. The number of rotatable bonds is 5. The third-order valence-electron chi connectivity index (χ3n) is 3.73. The van der Waals surface area contributed by atoms with Crippen LogP contribution in [0.4, 0.5) is 0 Å². The van der Waals surface area contributed by atoms with E-state index in [2.05, 4.69) is 60.2 Å². The molecule has 1 atom stereocenters. The first-order valence-corrected chi connectivity index (χ1v) is 8.45. The highest BCUT2D eigenvalue weighted by molar-refractivity contribution is 9.10. The Bertz CT molecular complexity index is 625. The van der Waals surface area contributed by atoms with Gasteiger partial charge in [0.15, 0.2) is 0 Å². The van der Waals surface area contributed by atoms with Crippen molar-refractivity contribution in [3.05, 3.63) is 68.1 Å². The number of nitrogens with one attached hydrogen (secondary N) is 1. The molecule has 0 aliphatic heterocycles. The lowest BCUT2D eigenvalue weighted by atomic mass is 9.95. The van der Waals surface area contributed by atoms with Gasteiger partial charge >= 0.3 is 0 Å². The maximum Gasteiger partial charge on any atom is 0.0588 e. The summed E-state index contributed by atoms with van der Waals surface area (Å²) in [5, 5.41) is 4.39. The van der Waals surface area contributed by atoms with E-state index in [4.69, 9.17) is 11.6 Å². The molecule has 0 amide bonds. The molecular formula is C18H21BrClN. The fraction of sp³-hybridized carbons (Fsp3) is 0.333. The summed E-state index contributed by atoms with van der Waals surface area (Å²) in [5.41, 5.74) is 5.08. The zero-order chi connectivity index (χ0) is 15.4. The second-order valence-corrected chi connectivity index (χ2v) is 6.69. The largest absolute Gasteiger partial charge is 0.306 e. The van der Waals surface area contributed by atoms with Crippen LogP contribution in [-0.4, -0.2) is 6.54 Å². The Morgan fingerprint density at radius 1 is 1.10 bits per heavy atom. The van der Waals surface area contributed by atoms with Crippen LogP contribution in [0.3, 0.4) is 0 Å². The van der Waals surface area contributed by atoms with E-state index in [1.165, 1.54) is 22.3 Å². The van der Waals surface area contributed by atoms with Gasteiger partial charge in [-0.1, -0.05) is 52.7 Å². The molecule has 1 unspecified atom stereocenters. The molecule has 112 valence electrons. The quantitative estimate of drug-likeness (QED) is 0.704. The zero-order valence-electron chi connectivity index (χ0n) is 12.7. The molecule has 3 heteroatoms. The van der Waals surface area contributed by atoms with Crippen molar-refractivity contribution in [3.8, 4) is 0 Å². The maximum absolute atomic E-state index is 6.19. The van der Waals surface area contributed by atoms with Crippen molar-refractivity contribution < 1.29 is 0 Å². The van der Waals surface area contributed by atoms with Crippen LogP contribution in [0.15, 0.2) is 40.9 Å². The summed E-state index contributed by atoms with van der Waals surface area (Å²) in [7, 11) is 0. The number of hydrogen-bond acceptors (Lipinski definition) is 1. The molecule has 0 saturated heterocycles. The van der Waals surface area contributed by atoms with Crippen LogP contribution < -0.4 is 5.32 Å². The Labute approximate surface area is 140 Å². The standard InChI is InChI=1S/C18H21BrClN/c1-4-9-21-18(14-6-5-12(2)13(3)10-14)16-11-15(20)7-8-17(16)19/h5-8,10-11,18,21H,4,9H2,1-3H3. The lowest BCUT2D eigenvalue weighted by Crippen LogP contribution is -2.23. The highest BCUT2D eigenvalue weighted by Crippen LogP contribution is 2.31. The average Bonchev–Trinajstić information content (AvgIpc) is 2.46. The molecule has 0 aromatic heterocycles. The SMILES string of the molecule is CCCNC(c1ccc(C)c(C)c1)c1cc(Cl)ccc1Br. The van der Waals surface area contributed by atoms with Gasteiger partial charge in [0.25, 0.3) is 0 Å².